The predicted octanol–water partition coefficient (Wildman–Crippen LogP) is 3.20. The van der Waals surface area contributed by atoms with Gasteiger partial charge in [0.2, 0.25) is 5.91 Å². The van der Waals surface area contributed by atoms with Crippen molar-refractivity contribution < 1.29 is 14.0 Å². The second-order valence-corrected chi connectivity index (χ2v) is 6.92. The lowest BCUT2D eigenvalue weighted by molar-refractivity contribution is -0.132. The second-order valence-electron chi connectivity index (χ2n) is 6.92. The molecule has 5 heteroatoms. The minimum absolute atomic E-state index is 0.100. The predicted molar refractivity (Wildman–Crippen MR) is 100 cm³/mol. The van der Waals surface area contributed by atoms with Crippen molar-refractivity contribution in [1.29, 1.82) is 0 Å². The molecule has 1 aromatic carbocycles. The molecule has 26 heavy (non-hydrogen) atoms. The Labute approximate surface area is 154 Å². The molecule has 138 valence electrons. The first-order valence-corrected chi connectivity index (χ1v) is 9.21. The molecule has 0 bridgehead atoms. The number of carbonyl (C=O) groups excluding carboxylic acids is 2. The van der Waals surface area contributed by atoms with Crippen molar-refractivity contribution in [2.24, 2.45) is 0 Å². The van der Waals surface area contributed by atoms with E-state index in [1.165, 1.54) is 23.0 Å². The Hall–Kier alpha value is -2.56. The third-order valence-electron chi connectivity index (χ3n) is 5.08. The molecule has 1 aliphatic heterocycles. The summed E-state index contributed by atoms with van der Waals surface area (Å²) < 4.78 is 5.16. The van der Waals surface area contributed by atoms with Crippen LogP contribution in [0.4, 0.5) is 0 Å². The fraction of sp³-hybridized carbons (Fsp3) is 0.429. The van der Waals surface area contributed by atoms with Crippen LogP contribution in [0.5, 0.6) is 0 Å². The van der Waals surface area contributed by atoms with Gasteiger partial charge < -0.3 is 14.2 Å². The zero-order valence-electron chi connectivity index (χ0n) is 15.5. The minimum Gasteiger partial charge on any atom is -0.459 e. The maximum Gasteiger partial charge on any atom is 0.289 e. The van der Waals surface area contributed by atoms with Gasteiger partial charge in [0, 0.05) is 32.6 Å². The summed E-state index contributed by atoms with van der Waals surface area (Å²) >= 11 is 0. The fourth-order valence-electron chi connectivity index (χ4n) is 3.28. The summed E-state index contributed by atoms with van der Waals surface area (Å²) in [5.41, 5.74) is 3.88. The van der Waals surface area contributed by atoms with Crippen molar-refractivity contribution in [3.8, 4) is 0 Å². The van der Waals surface area contributed by atoms with Crippen LogP contribution in [0.3, 0.4) is 0 Å². The third kappa shape index (κ3) is 4.34. The molecule has 0 spiro atoms. The van der Waals surface area contributed by atoms with Gasteiger partial charge in [-0.25, -0.2) is 0 Å². The number of hydrogen-bond donors (Lipinski definition) is 0. The Morgan fingerprint density at radius 1 is 1.00 bits per heavy atom. The van der Waals surface area contributed by atoms with Crippen LogP contribution in [0, 0.1) is 13.8 Å². The van der Waals surface area contributed by atoms with E-state index in [0.29, 0.717) is 38.4 Å². The van der Waals surface area contributed by atoms with Crippen molar-refractivity contribution in [1.82, 2.24) is 9.80 Å². The topological polar surface area (TPSA) is 53.8 Å². The van der Waals surface area contributed by atoms with E-state index in [1.807, 2.05) is 4.90 Å². The van der Waals surface area contributed by atoms with E-state index in [-0.39, 0.29) is 11.8 Å². The molecule has 5 nitrogen and oxygen atoms in total. The summed E-state index contributed by atoms with van der Waals surface area (Å²) in [6.07, 6.45) is 3.83. The van der Waals surface area contributed by atoms with Gasteiger partial charge >= 0.3 is 0 Å². The summed E-state index contributed by atoms with van der Waals surface area (Å²) in [4.78, 5) is 28.3. The Kier molecular flexibility index (Phi) is 5.76. The number of aryl methyl sites for hydroxylation is 3. The normalized spacial score (nSPS) is 14.5. The summed E-state index contributed by atoms with van der Waals surface area (Å²) in [6.45, 7) is 6.53. The molecule has 1 fully saturated rings. The average Bonchev–Trinajstić information content (AvgIpc) is 3.19. The average molecular weight is 354 g/mol. The van der Waals surface area contributed by atoms with E-state index in [0.717, 1.165) is 12.8 Å². The molecule has 1 aliphatic rings. The van der Waals surface area contributed by atoms with Crippen LogP contribution in [0.2, 0.25) is 0 Å². The maximum absolute atomic E-state index is 12.4. The van der Waals surface area contributed by atoms with Gasteiger partial charge in [-0.15, -0.1) is 0 Å². The lowest BCUT2D eigenvalue weighted by atomic mass is 10.0. The van der Waals surface area contributed by atoms with Crippen LogP contribution in [0.15, 0.2) is 41.0 Å². The molecule has 0 N–H and O–H groups in total. The highest BCUT2D eigenvalue weighted by atomic mass is 16.3. The SMILES string of the molecule is Cc1ccc(CCCC(=O)N2CCN(C(=O)c3ccco3)CC2)cc1C. The van der Waals surface area contributed by atoms with Crippen LogP contribution < -0.4 is 0 Å². The molecule has 0 unspecified atom stereocenters. The van der Waals surface area contributed by atoms with Gasteiger partial charge in [0.05, 0.1) is 6.26 Å². The number of hydrogen-bond acceptors (Lipinski definition) is 3. The smallest absolute Gasteiger partial charge is 0.289 e. The van der Waals surface area contributed by atoms with E-state index in [4.69, 9.17) is 4.42 Å². The molecule has 2 amide bonds. The first-order valence-electron chi connectivity index (χ1n) is 9.21. The van der Waals surface area contributed by atoms with Crippen molar-refractivity contribution in [3.05, 3.63) is 59.0 Å². The molecular weight excluding hydrogens is 328 g/mol. The van der Waals surface area contributed by atoms with Gasteiger partial charge in [-0.1, -0.05) is 18.2 Å². The van der Waals surface area contributed by atoms with Crippen molar-refractivity contribution in [2.75, 3.05) is 26.2 Å². The number of rotatable bonds is 5. The Balaban J connectivity index is 1.42. The van der Waals surface area contributed by atoms with E-state index in [9.17, 15) is 9.59 Å². The van der Waals surface area contributed by atoms with Gasteiger partial charge in [0.25, 0.3) is 5.91 Å². The highest BCUT2D eigenvalue weighted by Crippen LogP contribution is 2.14. The van der Waals surface area contributed by atoms with Crippen LogP contribution in [-0.4, -0.2) is 47.8 Å². The van der Waals surface area contributed by atoms with E-state index in [1.54, 1.807) is 17.0 Å². The number of nitrogens with zero attached hydrogens (tertiary/aromatic N) is 2. The Bertz CT molecular complexity index is 760. The minimum atomic E-state index is -0.100. The van der Waals surface area contributed by atoms with Gasteiger partial charge in [0.1, 0.15) is 0 Å². The second kappa shape index (κ2) is 8.21. The standard InChI is InChI=1S/C21H26N2O3/c1-16-8-9-18(15-17(16)2)5-3-7-20(24)22-10-12-23(13-11-22)21(25)19-6-4-14-26-19/h4,6,8-9,14-15H,3,5,7,10-13H2,1-2H3. The Morgan fingerprint density at radius 2 is 1.73 bits per heavy atom. The van der Waals surface area contributed by atoms with Crippen LogP contribution >= 0.6 is 0 Å². The summed E-state index contributed by atoms with van der Waals surface area (Å²) in [7, 11) is 0. The summed E-state index contributed by atoms with van der Waals surface area (Å²) in [5, 5.41) is 0. The monoisotopic (exact) mass is 354 g/mol. The molecule has 0 atom stereocenters. The van der Waals surface area contributed by atoms with E-state index >= 15 is 0 Å². The van der Waals surface area contributed by atoms with Gasteiger partial charge in [-0.05, 0) is 55.5 Å². The molecular formula is C21H26N2O3. The number of furan rings is 1. The van der Waals surface area contributed by atoms with Crippen molar-refractivity contribution in [3.63, 3.8) is 0 Å². The molecule has 0 aliphatic carbocycles. The quantitative estimate of drug-likeness (QED) is 0.828. The van der Waals surface area contributed by atoms with Gasteiger partial charge in [-0.3, -0.25) is 9.59 Å². The molecule has 3 rings (SSSR count). The molecule has 2 heterocycles. The summed E-state index contributed by atoms with van der Waals surface area (Å²) in [5.74, 6) is 0.439. The zero-order valence-corrected chi connectivity index (χ0v) is 15.5. The van der Waals surface area contributed by atoms with Crippen molar-refractivity contribution >= 4 is 11.8 Å². The highest BCUT2D eigenvalue weighted by molar-refractivity contribution is 5.91. The number of piperazine rings is 1. The molecule has 1 aromatic heterocycles. The van der Waals surface area contributed by atoms with Crippen LogP contribution in [-0.2, 0) is 11.2 Å². The molecule has 0 radical (unpaired) electrons. The highest BCUT2D eigenvalue weighted by Gasteiger charge is 2.25. The number of carbonyl (C=O) groups is 2. The lowest BCUT2D eigenvalue weighted by Gasteiger charge is -2.34. The first kappa shape index (κ1) is 18.2. The summed E-state index contributed by atoms with van der Waals surface area (Å²) in [6, 6.07) is 9.88. The van der Waals surface area contributed by atoms with E-state index in [2.05, 4.69) is 32.0 Å². The fourth-order valence-corrected chi connectivity index (χ4v) is 3.28. The Morgan fingerprint density at radius 3 is 2.38 bits per heavy atom. The molecule has 1 saturated heterocycles. The molecule has 0 saturated carbocycles. The number of amides is 2. The maximum atomic E-state index is 12.4. The molecule has 2 aromatic rings. The number of benzene rings is 1. The first-order chi connectivity index (χ1) is 12.5. The van der Waals surface area contributed by atoms with Gasteiger partial charge in [0.15, 0.2) is 5.76 Å². The van der Waals surface area contributed by atoms with Crippen LogP contribution in [0.1, 0.15) is 40.1 Å². The van der Waals surface area contributed by atoms with Crippen molar-refractivity contribution in [2.45, 2.75) is 33.1 Å². The van der Waals surface area contributed by atoms with Gasteiger partial charge in [-0.2, -0.15) is 0 Å². The third-order valence-corrected chi connectivity index (χ3v) is 5.08. The lowest BCUT2D eigenvalue weighted by Crippen LogP contribution is -2.50. The zero-order chi connectivity index (χ0) is 18.5. The van der Waals surface area contributed by atoms with Crippen LogP contribution in [0.25, 0.3) is 0 Å². The largest absolute Gasteiger partial charge is 0.459 e. The van der Waals surface area contributed by atoms with E-state index < -0.39 is 0 Å².